The molecule has 0 unspecified atom stereocenters. The molecule has 50 heavy (non-hydrogen) atoms. The maximum Gasteiger partial charge on any atom is 0.0540 e. The first kappa shape index (κ1) is 28.8. The molecule has 9 aromatic carbocycles. The lowest BCUT2D eigenvalue weighted by Crippen LogP contribution is -2.15. The lowest BCUT2D eigenvalue weighted by atomic mass is 9.82. The molecule has 0 saturated carbocycles. The molecule has 0 amide bonds. The highest BCUT2D eigenvalue weighted by Gasteiger charge is 2.35. The summed E-state index contributed by atoms with van der Waals surface area (Å²) in [4.78, 5) is 2.47. The summed E-state index contributed by atoms with van der Waals surface area (Å²) in [5, 5.41) is 10.1. The molecule has 0 fully saturated rings. The van der Waals surface area contributed by atoms with E-state index in [1.54, 1.807) is 0 Å². The van der Waals surface area contributed by atoms with Crippen LogP contribution in [0.15, 0.2) is 176 Å². The Morgan fingerprint density at radius 1 is 0.360 bits per heavy atom. The van der Waals surface area contributed by atoms with E-state index < -0.39 is 0 Å². The fourth-order valence-electron chi connectivity index (χ4n) is 8.50. The van der Waals surface area contributed by atoms with E-state index >= 15 is 0 Å². The second-order valence-electron chi connectivity index (χ2n) is 14.2. The predicted octanol–water partition coefficient (Wildman–Crippen LogP) is 13.7. The van der Waals surface area contributed by atoms with E-state index in [1.165, 1.54) is 82.2 Å². The van der Waals surface area contributed by atoms with Gasteiger partial charge in [-0.25, -0.2) is 0 Å². The zero-order valence-electron chi connectivity index (χ0n) is 28.2. The molecule has 1 aliphatic carbocycles. The van der Waals surface area contributed by atoms with Gasteiger partial charge in [0.25, 0.3) is 0 Å². The number of benzene rings is 9. The zero-order chi connectivity index (χ0) is 33.4. The second-order valence-corrected chi connectivity index (χ2v) is 14.2. The molecule has 0 atom stereocenters. The van der Waals surface area contributed by atoms with Crippen LogP contribution in [-0.4, -0.2) is 0 Å². The quantitative estimate of drug-likeness (QED) is 0.174. The van der Waals surface area contributed by atoms with Crippen molar-refractivity contribution in [2.45, 2.75) is 19.3 Å². The summed E-state index contributed by atoms with van der Waals surface area (Å²) in [6, 6.07) is 65.1. The average molecular weight is 638 g/mol. The van der Waals surface area contributed by atoms with Crippen LogP contribution in [0, 0.1) is 0 Å². The molecule has 0 saturated heterocycles. The van der Waals surface area contributed by atoms with Crippen molar-refractivity contribution in [1.29, 1.82) is 0 Å². The molecule has 10 rings (SSSR count). The van der Waals surface area contributed by atoms with Crippen molar-refractivity contribution in [2.75, 3.05) is 4.90 Å². The summed E-state index contributed by atoms with van der Waals surface area (Å²) < 4.78 is 0. The van der Waals surface area contributed by atoms with Gasteiger partial charge in [-0.3, -0.25) is 0 Å². The monoisotopic (exact) mass is 637 g/mol. The first-order valence-electron chi connectivity index (χ1n) is 17.5. The van der Waals surface area contributed by atoms with E-state index in [1.807, 2.05) is 0 Å². The van der Waals surface area contributed by atoms with Crippen LogP contribution in [0.4, 0.5) is 17.1 Å². The molecule has 0 heterocycles. The number of anilines is 3. The summed E-state index contributed by atoms with van der Waals surface area (Å²) in [5.41, 5.74) is 11.2. The lowest BCUT2D eigenvalue weighted by molar-refractivity contribution is 0.660. The van der Waals surface area contributed by atoms with Gasteiger partial charge >= 0.3 is 0 Å². The van der Waals surface area contributed by atoms with Crippen LogP contribution in [0.1, 0.15) is 25.0 Å². The van der Waals surface area contributed by atoms with E-state index in [2.05, 4.69) is 195 Å². The molecule has 1 aliphatic rings. The molecular weight excluding hydrogens is 603 g/mol. The number of hydrogen-bond acceptors (Lipinski definition) is 1. The Labute approximate surface area is 292 Å². The van der Waals surface area contributed by atoms with E-state index in [9.17, 15) is 0 Å². The minimum Gasteiger partial charge on any atom is -0.310 e. The van der Waals surface area contributed by atoms with Gasteiger partial charge in [0.2, 0.25) is 0 Å². The highest BCUT2D eigenvalue weighted by atomic mass is 15.1. The van der Waals surface area contributed by atoms with Crippen molar-refractivity contribution in [3.8, 4) is 22.3 Å². The van der Waals surface area contributed by atoms with Crippen LogP contribution >= 0.6 is 0 Å². The minimum absolute atomic E-state index is 0.0492. The van der Waals surface area contributed by atoms with Crippen LogP contribution < -0.4 is 4.90 Å². The third-order valence-electron chi connectivity index (χ3n) is 11.0. The molecule has 236 valence electrons. The molecule has 0 spiro atoms. The Balaban J connectivity index is 1.21. The van der Waals surface area contributed by atoms with E-state index in [-0.39, 0.29) is 5.41 Å². The van der Waals surface area contributed by atoms with Crippen molar-refractivity contribution < 1.29 is 0 Å². The molecule has 0 N–H and O–H groups in total. The van der Waals surface area contributed by atoms with Crippen molar-refractivity contribution in [1.82, 2.24) is 0 Å². The van der Waals surface area contributed by atoms with Gasteiger partial charge in [0.15, 0.2) is 0 Å². The summed E-state index contributed by atoms with van der Waals surface area (Å²) >= 11 is 0. The van der Waals surface area contributed by atoms with Gasteiger partial charge in [0, 0.05) is 22.2 Å². The van der Waals surface area contributed by atoms with E-state index in [4.69, 9.17) is 0 Å². The number of hydrogen-bond donors (Lipinski definition) is 0. The Morgan fingerprint density at radius 2 is 0.980 bits per heavy atom. The summed E-state index contributed by atoms with van der Waals surface area (Å²) in [5.74, 6) is 0. The Bertz CT molecular complexity index is 2800. The van der Waals surface area contributed by atoms with Gasteiger partial charge < -0.3 is 4.90 Å². The summed E-state index contributed by atoms with van der Waals surface area (Å²) in [7, 11) is 0. The SMILES string of the molecule is CC1(C)c2ccccc2-c2cc(N(c3cccc(-c4ccc5ccccc5c4)c3)c3cccc4c3ccc3c5ccccc5ccc43)ccc21. The van der Waals surface area contributed by atoms with Gasteiger partial charge in [-0.2, -0.15) is 0 Å². The normalized spacial score (nSPS) is 13.2. The van der Waals surface area contributed by atoms with Gasteiger partial charge in [0.1, 0.15) is 0 Å². The van der Waals surface area contributed by atoms with Gasteiger partial charge in [-0.15, -0.1) is 0 Å². The third kappa shape index (κ3) is 4.33. The summed E-state index contributed by atoms with van der Waals surface area (Å²) in [6.45, 7) is 4.70. The fourth-order valence-corrected chi connectivity index (χ4v) is 8.50. The second kappa shape index (κ2) is 10.9. The van der Waals surface area contributed by atoms with Gasteiger partial charge in [-0.05, 0) is 107 Å². The van der Waals surface area contributed by atoms with Crippen molar-refractivity contribution in [3.05, 3.63) is 187 Å². The highest BCUT2D eigenvalue weighted by molar-refractivity contribution is 6.19. The molecule has 0 radical (unpaired) electrons. The zero-order valence-corrected chi connectivity index (χ0v) is 28.2. The molecule has 1 heteroatoms. The standard InChI is InChI=1S/C49H35N/c1-49(2)46-19-8-7-17-43(46)45-31-38(24-28-47(45)49)50(37-15-9-14-35(30-37)36-22-21-32-11-3-4-13-34(32)29-36)48-20-10-18-40-42-25-23-33-12-5-6-16-39(33)41(42)26-27-44(40)48/h3-31H,1-2H3. The van der Waals surface area contributed by atoms with Gasteiger partial charge in [-0.1, -0.05) is 153 Å². The maximum atomic E-state index is 2.47. The van der Waals surface area contributed by atoms with Crippen LogP contribution in [-0.2, 0) is 5.41 Å². The minimum atomic E-state index is -0.0492. The topological polar surface area (TPSA) is 3.24 Å². The van der Waals surface area contributed by atoms with Crippen molar-refractivity contribution in [3.63, 3.8) is 0 Å². The Morgan fingerprint density at radius 3 is 1.90 bits per heavy atom. The number of rotatable bonds is 4. The van der Waals surface area contributed by atoms with Crippen molar-refractivity contribution >= 4 is 60.2 Å². The highest BCUT2D eigenvalue weighted by Crippen LogP contribution is 2.51. The maximum absolute atomic E-state index is 2.47. The predicted molar refractivity (Wildman–Crippen MR) is 214 cm³/mol. The van der Waals surface area contributed by atoms with E-state index in [0.29, 0.717) is 0 Å². The molecule has 9 aromatic rings. The average Bonchev–Trinajstić information content (AvgIpc) is 3.40. The molecule has 0 aliphatic heterocycles. The first-order chi connectivity index (χ1) is 24.5. The number of nitrogens with zero attached hydrogens (tertiary/aromatic N) is 1. The number of fused-ring (bicyclic) bond motifs is 9. The lowest BCUT2D eigenvalue weighted by Gasteiger charge is -2.29. The summed E-state index contributed by atoms with van der Waals surface area (Å²) in [6.07, 6.45) is 0. The van der Waals surface area contributed by atoms with Crippen LogP contribution in [0.3, 0.4) is 0 Å². The van der Waals surface area contributed by atoms with E-state index in [0.717, 1.165) is 11.4 Å². The molecule has 0 aromatic heterocycles. The Hall–Kier alpha value is -6.18. The fraction of sp³-hybridized carbons (Fsp3) is 0.0612. The van der Waals surface area contributed by atoms with Crippen LogP contribution in [0.2, 0.25) is 0 Å². The smallest absolute Gasteiger partial charge is 0.0540 e. The van der Waals surface area contributed by atoms with Crippen LogP contribution in [0.5, 0.6) is 0 Å². The molecule has 0 bridgehead atoms. The Kier molecular flexibility index (Phi) is 6.29. The first-order valence-corrected chi connectivity index (χ1v) is 17.5. The molecular formula is C49H35N. The van der Waals surface area contributed by atoms with Crippen molar-refractivity contribution in [2.24, 2.45) is 0 Å². The third-order valence-corrected chi connectivity index (χ3v) is 11.0. The van der Waals surface area contributed by atoms with Gasteiger partial charge in [0.05, 0.1) is 5.69 Å². The molecule has 1 nitrogen and oxygen atoms in total. The largest absolute Gasteiger partial charge is 0.310 e. The van der Waals surface area contributed by atoms with Crippen LogP contribution in [0.25, 0.3) is 65.3 Å².